The molecule has 4 rings (SSSR count). The van der Waals surface area contributed by atoms with Gasteiger partial charge in [-0.15, -0.1) is 0 Å². The van der Waals surface area contributed by atoms with E-state index in [1.165, 1.54) is 0 Å². The highest BCUT2D eigenvalue weighted by Crippen LogP contribution is 2.32. The molecule has 0 aromatic heterocycles. The van der Waals surface area contributed by atoms with Crippen LogP contribution in [0.25, 0.3) is 10.8 Å². The normalized spacial score (nSPS) is 15.9. The highest BCUT2D eigenvalue weighted by atomic mass is 35.5. The molecule has 2 amide bonds. The van der Waals surface area contributed by atoms with Crippen LogP contribution >= 0.6 is 11.6 Å². The van der Waals surface area contributed by atoms with Crippen LogP contribution in [0.3, 0.4) is 0 Å². The second kappa shape index (κ2) is 8.78. The van der Waals surface area contributed by atoms with E-state index in [0.717, 1.165) is 22.0 Å². The Morgan fingerprint density at radius 3 is 2.68 bits per heavy atom. The predicted octanol–water partition coefficient (Wildman–Crippen LogP) is 4.34. The summed E-state index contributed by atoms with van der Waals surface area (Å²) >= 11 is 6.05. The Balaban J connectivity index is 1.38. The highest BCUT2D eigenvalue weighted by Gasteiger charge is 2.36. The zero-order valence-corrected chi connectivity index (χ0v) is 17.7. The zero-order chi connectivity index (χ0) is 22.0. The Morgan fingerprint density at radius 1 is 1.10 bits per heavy atom. The SMILES string of the molecule is Cc1c(Cl)cccc1NC(=O)COC(=O)[C@@H]1CC(=O)N(c2cccc3ccccc23)C1. The van der Waals surface area contributed by atoms with E-state index in [9.17, 15) is 14.4 Å². The van der Waals surface area contributed by atoms with Gasteiger partial charge in [-0.3, -0.25) is 14.4 Å². The molecule has 1 aliphatic rings. The number of rotatable bonds is 5. The summed E-state index contributed by atoms with van der Waals surface area (Å²) in [5.74, 6) is -1.78. The van der Waals surface area contributed by atoms with E-state index in [-0.39, 0.29) is 18.9 Å². The standard InChI is InChI=1S/C24H21ClN2O4/c1-15-19(25)9-5-10-20(15)26-22(28)14-31-24(30)17-12-23(29)27(13-17)21-11-4-7-16-6-2-3-8-18(16)21/h2-11,17H,12-14H2,1H3,(H,26,28)/t17-/m1/s1. The van der Waals surface area contributed by atoms with Crippen molar-refractivity contribution in [3.8, 4) is 0 Å². The lowest BCUT2D eigenvalue weighted by Gasteiger charge is -2.18. The van der Waals surface area contributed by atoms with Crippen LogP contribution in [0.15, 0.2) is 60.7 Å². The molecule has 1 atom stereocenters. The molecule has 31 heavy (non-hydrogen) atoms. The lowest BCUT2D eigenvalue weighted by molar-refractivity contribution is -0.151. The van der Waals surface area contributed by atoms with E-state index < -0.39 is 24.4 Å². The second-order valence-corrected chi connectivity index (χ2v) is 7.88. The van der Waals surface area contributed by atoms with Crippen LogP contribution in [-0.2, 0) is 19.1 Å². The molecule has 0 radical (unpaired) electrons. The van der Waals surface area contributed by atoms with Crippen LogP contribution in [0.2, 0.25) is 5.02 Å². The van der Waals surface area contributed by atoms with E-state index in [1.54, 1.807) is 30.0 Å². The molecular formula is C24H21ClN2O4. The van der Waals surface area contributed by atoms with E-state index in [4.69, 9.17) is 16.3 Å². The minimum atomic E-state index is -0.618. The van der Waals surface area contributed by atoms with Crippen LogP contribution in [0.5, 0.6) is 0 Å². The van der Waals surface area contributed by atoms with Crippen LogP contribution in [0, 0.1) is 12.8 Å². The average molecular weight is 437 g/mol. The van der Waals surface area contributed by atoms with Gasteiger partial charge in [0.25, 0.3) is 5.91 Å². The van der Waals surface area contributed by atoms with Crippen molar-refractivity contribution in [1.29, 1.82) is 0 Å². The van der Waals surface area contributed by atoms with Crippen LogP contribution in [-0.4, -0.2) is 30.9 Å². The number of hydrogen-bond acceptors (Lipinski definition) is 4. The fraction of sp³-hybridized carbons (Fsp3) is 0.208. The number of carbonyl (C=O) groups is 3. The number of halogens is 1. The molecule has 0 unspecified atom stereocenters. The van der Waals surface area contributed by atoms with Gasteiger partial charge in [0.05, 0.1) is 11.6 Å². The van der Waals surface area contributed by atoms with Crippen LogP contribution < -0.4 is 10.2 Å². The van der Waals surface area contributed by atoms with Gasteiger partial charge in [0.15, 0.2) is 6.61 Å². The number of anilines is 2. The molecule has 1 N–H and O–H groups in total. The van der Waals surface area contributed by atoms with E-state index in [2.05, 4.69) is 5.32 Å². The van der Waals surface area contributed by atoms with Gasteiger partial charge in [-0.2, -0.15) is 0 Å². The van der Waals surface area contributed by atoms with Crippen molar-refractivity contribution in [2.24, 2.45) is 5.92 Å². The summed E-state index contributed by atoms with van der Waals surface area (Å²) in [4.78, 5) is 38.9. The number of ether oxygens (including phenoxy) is 1. The summed E-state index contributed by atoms with van der Waals surface area (Å²) in [5, 5.41) is 5.19. The number of nitrogens with zero attached hydrogens (tertiary/aromatic N) is 1. The van der Waals surface area contributed by atoms with Crippen LogP contribution in [0.4, 0.5) is 11.4 Å². The molecular weight excluding hydrogens is 416 g/mol. The highest BCUT2D eigenvalue weighted by molar-refractivity contribution is 6.31. The Morgan fingerprint density at radius 2 is 1.84 bits per heavy atom. The van der Waals surface area contributed by atoms with E-state index in [0.29, 0.717) is 10.7 Å². The first-order chi connectivity index (χ1) is 14.9. The molecule has 3 aromatic carbocycles. The lowest BCUT2D eigenvalue weighted by atomic mass is 10.1. The van der Waals surface area contributed by atoms with Crippen molar-refractivity contribution in [2.45, 2.75) is 13.3 Å². The molecule has 7 heteroatoms. The molecule has 0 bridgehead atoms. The largest absolute Gasteiger partial charge is 0.455 e. The molecule has 0 aliphatic carbocycles. The minimum Gasteiger partial charge on any atom is -0.455 e. The summed E-state index contributed by atoms with van der Waals surface area (Å²) in [6, 6.07) is 18.7. The molecule has 1 saturated heterocycles. The minimum absolute atomic E-state index is 0.0527. The third-order valence-electron chi connectivity index (χ3n) is 5.40. The summed E-state index contributed by atoms with van der Waals surface area (Å²) in [6.45, 7) is 1.58. The third-order valence-corrected chi connectivity index (χ3v) is 5.81. The third kappa shape index (κ3) is 4.39. The molecule has 1 heterocycles. The van der Waals surface area contributed by atoms with Crippen molar-refractivity contribution in [1.82, 2.24) is 0 Å². The summed E-state index contributed by atoms with van der Waals surface area (Å²) in [5.41, 5.74) is 2.07. The van der Waals surface area contributed by atoms with Crippen molar-refractivity contribution in [2.75, 3.05) is 23.4 Å². The first-order valence-electron chi connectivity index (χ1n) is 9.94. The summed E-state index contributed by atoms with van der Waals surface area (Å²) < 4.78 is 5.19. The molecule has 158 valence electrons. The Labute approximate surface area is 184 Å². The first-order valence-corrected chi connectivity index (χ1v) is 10.3. The maximum Gasteiger partial charge on any atom is 0.311 e. The monoisotopic (exact) mass is 436 g/mol. The smallest absolute Gasteiger partial charge is 0.311 e. The number of nitrogens with one attached hydrogen (secondary N) is 1. The Kier molecular flexibility index (Phi) is 5.91. The van der Waals surface area contributed by atoms with Crippen molar-refractivity contribution in [3.63, 3.8) is 0 Å². The molecule has 1 aliphatic heterocycles. The van der Waals surface area contributed by atoms with E-state index in [1.807, 2.05) is 42.5 Å². The van der Waals surface area contributed by atoms with Gasteiger partial charge in [-0.1, -0.05) is 54.1 Å². The Hall–Kier alpha value is -3.38. The van der Waals surface area contributed by atoms with E-state index >= 15 is 0 Å². The van der Waals surface area contributed by atoms with Gasteiger partial charge in [0.2, 0.25) is 5.91 Å². The van der Waals surface area contributed by atoms with Crippen molar-refractivity contribution >= 4 is 51.5 Å². The first kappa shape index (κ1) is 20.9. The summed E-state index contributed by atoms with van der Waals surface area (Å²) in [7, 11) is 0. The van der Waals surface area contributed by atoms with Gasteiger partial charge in [0, 0.05) is 29.1 Å². The van der Waals surface area contributed by atoms with Gasteiger partial charge in [0.1, 0.15) is 0 Å². The zero-order valence-electron chi connectivity index (χ0n) is 16.9. The number of hydrogen-bond donors (Lipinski definition) is 1. The molecule has 6 nitrogen and oxygen atoms in total. The fourth-order valence-electron chi connectivity index (χ4n) is 3.73. The summed E-state index contributed by atoms with van der Waals surface area (Å²) in [6.07, 6.45) is 0.0527. The molecule has 0 spiro atoms. The molecule has 0 saturated carbocycles. The topological polar surface area (TPSA) is 75.7 Å². The number of fused-ring (bicyclic) bond motifs is 1. The fourth-order valence-corrected chi connectivity index (χ4v) is 3.90. The average Bonchev–Trinajstić information content (AvgIpc) is 3.16. The predicted molar refractivity (Wildman–Crippen MR) is 120 cm³/mol. The number of benzene rings is 3. The quantitative estimate of drug-likeness (QED) is 0.604. The number of amides is 2. The Bertz CT molecular complexity index is 1170. The van der Waals surface area contributed by atoms with Crippen molar-refractivity contribution in [3.05, 3.63) is 71.2 Å². The lowest BCUT2D eigenvalue weighted by Crippen LogP contribution is -2.28. The maximum atomic E-state index is 12.6. The van der Waals surface area contributed by atoms with Crippen molar-refractivity contribution < 1.29 is 19.1 Å². The maximum absolute atomic E-state index is 12.6. The van der Waals surface area contributed by atoms with Gasteiger partial charge < -0.3 is 15.0 Å². The van der Waals surface area contributed by atoms with Gasteiger partial charge >= 0.3 is 5.97 Å². The molecule has 3 aromatic rings. The van der Waals surface area contributed by atoms with Gasteiger partial charge in [-0.25, -0.2) is 0 Å². The number of esters is 1. The van der Waals surface area contributed by atoms with Crippen LogP contribution in [0.1, 0.15) is 12.0 Å². The van der Waals surface area contributed by atoms with Gasteiger partial charge in [-0.05, 0) is 36.1 Å². The molecule has 1 fully saturated rings. The second-order valence-electron chi connectivity index (χ2n) is 7.47. The number of carbonyl (C=O) groups excluding carboxylic acids is 3.